The molecule has 1 aromatic heterocycles. The SMILES string of the molecule is CC1(C)O[C@@H]2[C@H](O1)[C@@H](COC(c1ccccc1)(c1ccccc1)c1ccccc1)O[C@H]2C(O)CNc1nccnc1Cl. The van der Waals surface area contributed by atoms with Crippen LogP contribution >= 0.6 is 11.6 Å². The Labute approximate surface area is 250 Å². The number of hydrogen-bond acceptors (Lipinski definition) is 8. The second kappa shape index (κ2) is 12.1. The number of aliphatic hydroxyl groups is 1. The average Bonchev–Trinajstić information content (AvgIpc) is 3.51. The van der Waals surface area contributed by atoms with E-state index in [1.54, 1.807) is 0 Å². The summed E-state index contributed by atoms with van der Waals surface area (Å²) in [6, 6.07) is 30.5. The number of aliphatic hydroxyl groups excluding tert-OH is 1. The van der Waals surface area contributed by atoms with Crippen molar-refractivity contribution >= 4 is 17.4 Å². The monoisotopic (exact) mass is 587 g/mol. The molecule has 2 aliphatic rings. The van der Waals surface area contributed by atoms with Crippen LogP contribution in [0.1, 0.15) is 30.5 Å². The Balaban J connectivity index is 1.29. The van der Waals surface area contributed by atoms with Crippen molar-refractivity contribution in [2.24, 2.45) is 0 Å². The molecule has 218 valence electrons. The van der Waals surface area contributed by atoms with Gasteiger partial charge in [-0.2, -0.15) is 0 Å². The third kappa shape index (κ3) is 5.66. The van der Waals surface area contributed by atoms with E-state index in [4.69, 9.17) is 30.5 Å². The summed E-state index contributed by atoms with van der Waals surface area (Å²) < 4.78 is 26.1. The number of nitrogens with one attached hydrogen (secondary N) is 1. The zero-order valence-corrected chi connectivity index (χ0v) is 24.2. The van der Waals surface area contributed by atoms with E-state index in [-0.39, 0.29) is 18.3 Å². The van der Waals surface area contributed by atoms with Crippen LogP contribution in [0.4, 0.5) is 5.82 Å². The molecule has 2 fully saturated rings. The molecule has 1 unspecified atom stereocenters. The van der Waals surface area contributed by atoms with E-state index in [0.717, 1.165) is 16.7 Å². The maximum Gasteiger partial charge on any atom is 0.171 e. The van der Waals surface area contributed by atoms with Crippen molar-refractivity contribution in [2.45, 2.75) is 55.8 Å². The van der Waals surface area contributed by atoms with Crippen molar-refractivity contribution in [2.75, 3.05) is 18.5 Å². The Hall–Kier alpha value is -3.37. The first-order valence-corrected chi connectivity index (χ1v) is 14.5. The molecule has 0 amide bonds. The van der Waals surface area contributed by atoms with Crippen molar-refractivity contribution < 1.29 is 24.1 Å². The van der Waals surface area contributed by atoms with Gasteiger partial charge >= 0.3 is 0 Å². The Morgan fingerprint density at radius 1 is 0.857 bits per heavy atom. The van der Waals surface area contributed by atoms with Crippen molar-refractivity contribution in [1.29, 1.82) is 0 Å². The standard InChI is InChI=1S/C33H34ClN3O5/c1-32(2)41-28-26(40-27(29(28)42-32)25(38)20-37-31-30(34)35-18-19-36-31)21-39-33(22-12-6-3-7-13-22,23-14-8-4-9-15-23)24-16-10-5-11-17-24/h3-19,25-29,38H,20-21H2,1-2H3,(H,36,37)/t25?,26-,27+,28-,29+/m1/s1. The van der Waals surface area contributed by atoms with Crippen molar-refractivity contribution in [1.82, 2.24) is 9.97 Å². The molecule has 0 radical (unpaired) electrons. The van der Waals surface area contributed by atoms with Crippen LogP contribution in [0.3, 0.4) is 0 Å². The summed E-state index contributed by atoms with van der Waals surface area (Å²) in [5, 5.41) is 14.5. The second-order valence-electron chi connectivity index (χ2n) is 10.9. The first kappa shape index (κ1) is 28.7. The summed E-state index contributed by atoms with van der Waals surface area (Å²) in [4.78, 5) is 8.22. The Bertz CT molecular complexity index is 1360. The largest absolute Gasteiger partial charge is 0.388 e. The summed E-state index contributed by atoms with van der Waals surface area (Å²) in [7, 11) is 0. The smallest absolute Gasteiger partial charge is 0.171 e. The average molecular weight is 588 g/mol. The molecule has 42 heavy (non-hydrogen) atoms. The highest BCUT2D eigenvalue weighted by Gasteiger charge is 2.57. The lowest BCUT2D eigenvalue weighted by Gasteiger charge is -2.37. The molecule has 0 bridgehead atoms. The Morgan fingerprint density at radius 2 is 1.38 bits per heavy atom. The molecular formula is C33H34ClN3O5. The maximum absolute atomic E-state index is 11.2. The topological polar surface area (TPSA) is 95.0 Å². The van der Waals surface area contributed by atoms with Crippen LogP contribution in [0, 0.1) is 0 Å². The summed E-state index contributed by atoms with van der Waals surface area (Å²) in [5.74, 6) is -0.457. The number of anilines is 1. The van der Waals surface area contributed by atoms with Crippen LogP contribution in [0.25, 0.3) is 0 Å². The molecular weight excluding hydrogens is 554 g/mol. The van der Waals surface area contributed by atoms with Gasteiger partial charge in [-0.05, 0) is 30.5 Å². The molecule has 9 heteroatoms. The predicted molar refractivity (Wildman–Crippen MR) is 159 cm³/mol. The third-order valence-electron chi connectivity index (χ3n) is 7.70. The van der Waals surface area contributed by atoms with Gasteiger partial charge in [-0.25, -0.2) is 9.97 Å². The number of rotatable bonds is 10. The fourth-order valence-electron chi connectivity index (χ4n) is 5.89. The molecule has 0 spiro atoms. The number of fused-ring (bicyclic) bond motifs is 1. The van der Waals surface area contributed by atoms with Gasteiger partial charge in [0, 0.05) is 18.9 Å². The maximum atomic E-state index is 11.2. The minimum absolute atomic E-state index is 0.131. The lowest BCUT2D eigenvalue weighted by molar-refractivity contribution is -0.204. The Kier molecular flexibility index (Phi) is 8.27. The number of benzene rings is 3. The fourth-order valence-corrected chi connectivity index (χ4v) is 6.06. The van der Waals surface area contributed by atoms with Crippen LogP contribution in [-0.2, 0) is 24.5 Å². The number of hydrogen-bond donors (Lipinski definition) is 2. The van der Waals surface area contributed by atoms with Crippen LogP contribution in [0.2, 0.25) is 5.15 Å². The first-order chi connectivity index (χ1) is 20.4. The lowest BCUT2D eigenvalue weighted by atomic mass is 9.80. The second-order valence-corrected chi connectivity index (χ2v) is 11.3. The van der Waals surface area contributed by atoms with Crippen molar-refractivity contribution in [3.8, 4) is 0 Å². The van der Waals surface area contributed by atoms with Gasteiger partial charge in [0.15, 0.2) is 16.8 Å². The van der Waals surface area contributed by atoms with E-state index in [9.17, 15) is 5.11 Å². The number of halogens is 1. The minimum atomic E-state index is -0.944. The molecule has 3 aromatic carbocycles. The summed E-state index contributed by atoms with van der Waals surface area (Å²) in [6.07, 6.45) is -0.0294. The van der Waals surface area contributed by atoms with Crippen molar-refractivity contribution in [3.63, 3.8) is 0 Å². The van der Waals surface area contributed by atoms with E-state index in [1.807, 2.05) is 68.4 Å². The van der Waals surface area contributed by atoms with Crippen LogP contribution in [0.15, 0.2) is 103 Å². The van der Waals surface area contributed by atoms with Gasteiger partial charge < -0.3 is 29.4 Å². The van der Waals surface area contributed by atoms with Gasteiger partial charge in [0.1, 0.15) is 36.1 Å². The highest BCUT2D eigenvalue weighted by molar-refractivity contribution is 6.31. The molecule has 0 saturated carbocycles. The van der Waals surface area contributed by atoms with E-state index < -0.39 is 41.9 Å². The van der Waals surface area contributed by atoms with Crippen LogP contribution in [-0.4, -0.2) is 64.5 Å². The van der Waals surface area contributed by atoms with E-state index in [2.05, 4.69) is 51.7 Å². The molecule has 5 atom stereocenters. The Morgan fingerprint density at radius 3 is 1.93 bits per heavy atom. The normalized spacial score (nSPS) is 23.8. The lowest BCUT2D eigenvalue weighted by Crippen LogP contribution is -2.42. The molecule has 2 N–H and O–H groups in total. The quantitative estimate of drug-likeness (QED) is 0.245. The summed E-state index contributed by atoms with van der Waals surface area (Å²) >= 11 is 6.14. The zero-order chi connectivity index (χ0) is 29.2. The summed E-state index contributed by atoms with van der Waals surface area (Å²) in [6.45, 7) is 4.05. The molecule has 4 aromatic rings. The third-order valence-corrected chi connectivity index (χ3v) is 7.98. The van der Waals surface area contributed by atoms with Gasteiger partial charge in [0.25, 0.3) is 0 Å². The van der Waals surface area contributed by atoms with Gasteiger partial charge in [-0.1, -0.05) is 103 Å². The number of nitrogens with zero attached hydrogens (tertiary/aromatic N) is 2. The zero-order valence-electron chi connectivity index (χ0n) is 23.5. The van der Waals surface area contributed by atoms with Gasteiger partial charge in [0.2, 0.25) is 0 Å². The van der Waals surface area contributed by atoms with E-state index in [1.165, 1.54) is 12.4 Å². The highest BCUT2D eigenvalue weighted by atomic mass is 35.5. The van der Waals surface area contributed by atoms with Crippen molar-refractivity contribution in [3.05, 3.63) is 125 Å². The first-order valence-electron chi connectivity index (χ1n) is 14.1. The minimum Gasteiger partial charge on any atom is -0.388 e. The molecule has 0 aliphatic carbocycles. The van der Waals surface area contributed by atoms with Gasteiger partial charge in [-0.15, -0.1) is 0 Å². The molecule has 2 aliphatic heterocycles. The predicted octanol–water partition coefficient (Wildman–Crippen LogP) is 5.20. The van der Waals surface area contributed by atoms with E-state index >= 15 is 0 Å². The number of aromatic nitrogens is 2. The number of ether oxygens (including phenoxy) is 4. The molecule has 2 saturated heterocycles. The van der Waals surface area contributed by atoms with Gasteiger partial charge in [-0.3, -0.25) is 0 Å². The van der Waals surface area contributed by atoms with Crippen LogP contribution in [0.5, 0.6) is 0 Å². The molecule has 6 rings (SSSR count). The highest BCUT2D eigenvalue weighted by Crippen LogP contribution is 2.44. The van der Waals surface area contributed by atoms with Gasteiger partial charge in [0.05, 0.1) is 6.61 Å². The fraction of sp³-hybridized carbons (Fsp3) is 0.333. The molecule has 8 nitrogen and oxygen atoms in total. The van der Waals surface area contributed by atoms with E-state index in [0.29, 0.717) is 5.82 Å². The molecule has 3 heterocycles. The summed E-state index contributed by atoms with van der Waals surface area (Å²) in [5.41, 5.74) is 2.05. The van der Waals surface area contributed by atoms with Crippen LogP contribution < -0.4 is 5.32 Å².